The minimum absolute atomic E-state index is 0.476. The minimum atomic E-state index is -0.502. The van der Waals surface area contributed by atoms with E-state index in [4.69, 9.17) is 4.74 Å². The summed E-state index contributed by atoms with van der Waals surface area (Å²) in [5.74, 6) is 0. The standard InChI is InChI=1S/C7H9N2O2/c1-11-7(4-10)2-6-3-8-5-9-6/h3,5,7H,2H2,1H3,(H,8,9)/t7-/m0/s1. The monoisotopic (exact) mass is 153 g/mol. The third kappa shape index (κ3) is 2.16. The number of methoxy groups -OCH3 is 1. The second-order valence-corrected chi connectivity index (χ2v) is 2.11. The predicted octanol–water partition coefficient (Wildman–Crippen LogP) is 0.0769. The third-order valence-electron chi connectivity index (χ3n) is 1.37. The first-order chi connectivity index (χ1) is 5.36. The van der Waals surface area contributed by atoms with Crippen molar-refractivity contribution in [3.8, 4) is 0 Å². The van der Waals surface area contributed by atoms with Gasteiger partial charge in [0, 0.05) is 19.7 Å². The van der Waals surface area contributed by atoms with E-state index in [1.165, 1.54) is 7.11 Å². The van der Waals surface area contributed by atoms with Gasteiger partial charge < -0.3 is 9.72 Å². The van der Waals surface area contributed by atoms with E-state index in [0.717, 1.165) is 5.69 Å². The maximum absolute atomic E-state index is 10.2. The highest BCUT2D eigenvalue weighted by atomic mass is 16.5. The van der Waals surface area contributed by atoms with Crippen molar-refractivity contribution in [1.29, 1.82) is 0 Å². The first-order valence-corrected chi connectivity index (χ1v) is 3.25. The number of rotatable bonds is 4. The van der Waals surface area contributed by atoms with E-state index < -0.39 is 6.10 Å². The summed E-state index contributed by atoms with van der Waals surface area (Å²) in [4.78, 5) is 16.9. The molecule has 0 aliphatic carbocycles. The number of aromatic amines is 1. The van der Waals surface area contributed by atoms with E-state index in [-0.39, 0.29) is 0 Å². The Bertz CT molecular complexity index is 208. The van der Waals surface area contributed by atoms with Gasteiger partial charge in [-0.15, -0.1) is 0 Å². The van der Waals surface area contributed by atoms with Crippen LogP contribution in [0.25, 0.3) is 0 Å². The molecule has 0 aromatic carbocycles. The quantitative estimate of drug-likeness (QED) is 0.666. The molecule has 1 atom stereocenters. The molecule has 0 saturated heterocycles. The van der Waals surface area contributed by atoms with Gasteiger partial charge in [-0.25, -0.2) is 4.98 Å². The molecular formula is C7H9N2O2. The molecule has 0 fully saturated rings. The van der Waals surface area contributed by atoms with E-state index in [2.05, 4.69) is 9.97 Å². The lowest BCUT2D eigenvalue weighted by Crippen LogP contribution is -2.15. The lowest BCUT2D eigenvalue weighted by atomic mass is 10.2. The van der Waals surface area contributed by atoms with Crippen LogP contribution in [0.1, 0.15) is 5.69 Å². The van der Waals surface area contributed by atoms with E-state index in [1.54, 1.807) is 18.8 Å². The van der Waals surface area contributed by atoms with Crippen molar-refractivity contribution in [1.82, 2.24) is 9.97 Å². The Labute approximate surface area is 64.6 Å². The summed E-state index contributed by atoms with van der Waals surface area (Å²) in [7, 11) is 1.47. The Kier molecular flexibility index (Phi) is 2.80. The fraction of sp³-hybridized carbons (Fsp3) is 0.429. The van der Waals surface area contributed by atoms with E-state index in [9.17, 15) is 4.79 Å². The lowest BCUT2D eigenvalue weighted by Gasteiger charge is -2.02. The molecule has 0 aliphatic heterocycles. The summed E-state index contributed by atoms with van der Waals surface area (Å²) in [5, 5.41) is 0. The van der Waals surface area contributed by atoms with E-state index >= 15 is 0 Å². The van der Waals surface area contributed by atoms with Gasteiger partial charge in [-0.3, -0.25) is 4.79 Å². The molecule has 0 aliphatic rings. The summed E-state index contributed by atoms with van der Waals surface area (Å²) < 4.78 is 4.80. The van der Waals surface area contributed by atoms with Crippen LogP contribution in [-0.4, -0.2) is 29.5 Å². The zero-order valence-corrected chi connectivity index (χ0v) is 6.20. The maximum atomic E-state index is 10.2. The first kappa shape index (κ1) is 7.94. The number of aromatic nitrogens is 2. The molecular weight excluding hydrogens is 144 g/mol. The normalized spacial score (nSPS) is 12.8. The molecule has 1 aromatic rings. The van der Waals surface area contributed by atoms with Crippen LogP contribution < -0.4 is 0 Å². The Morgan fingerprint density at radius 1 is 1.91 bits per heavy atom. The fourth-order valence-corrected chi connectivity index (χ4v) is 0.766. The van der Waals surface area contributed by atoms with E-state index in [0.29, 0.717) is 6.42 Å². The highest BCUT2D eigenvalue weighted by Gasteiger charge is 2.08. The van der Waals surface area contributed by atoms with Gasteiger partial charge >= 0.3 is 0 Å². The minimum Gasteiger partial charge on any atom is -0.373 e. The molecule has 1 aromatic heterocycles. The van der Waals surface area contributed by atoms with Crippen LogP contribution in [0.3, 0.4) is 0 Å². The third-order valence-corrected chi connectivity index (χ3v) is 1.37. The van der Waals surface area contributed by atoms with Crippen molar-refractivity contribution in [2.24, 2.45) is 0 Å². The second-order valence-electron chi connectivity index (χ2n) is 2.11. The summed E-state index contributed by atoms with van der Waals surface area (Å²) in [5.41, 5.74) is 0.806. The molecule has 1 N–H and O–H groups in total. The van der Waals surface area contributed by atoms with Gasteiger partial charge in [-0.05, 0) is 0 Å². The van der Waals surface area contributed by atoms with Crippen molar-refractivity contribution in [2.45, 2.75) is 12.5 Å². The van der Waals surface area contributed by atoms with Crippen molar-refractivity contribution in [3.63, 3.8) is 0 Å². The van der Waals surface area contributed by atoms with Crippen LogP contribution in [0, 0.1) is 0 Å². The highest BCUT2D eigenvalue weighted by Crippen LogP contribution is 1.98. The first-order valence-electron chi connectivity index (χ1n) is 3.25. The van der Waals surface area contributed by atoms with Crippen LogP contribution in [-0.2, 0) is 16.0 Å². The van der Waals surface area contributed by atoms with Gasteiger partial charge in [-0.2, -0.15) is 0 Å². The molecule has 1 radical (unpaired) electrons. The number of carbonyl (C=O) groups excluding carboxylic acids is 1. The average Bonchev–Trinajstić information content (AvgIpc) is 2.52. The van der Waals surface area contributed by atoms with Crippen molar-refractivity contribution >= 4 is 6.29 Å². The topological polar surface area (TPSA) is 55.0 Å². The lowest BCUT2D eigenvalue weighted by molar-refractivity contribution is 0.152. The Balaban J connectivity index is 2.47. The number of nitrogens with one attached hydrogen (secondary N) is 1. The largest absolute Gasteiger partial charge is 0.373 e. The van der Waals surface area contributed by atoms with Crippen LogP contribution in [0.4, 0.5) is 0 Å². The van der Waals surface area contributed by atoms with Crippen molar-refractivity contribution in [2.75, 3.05) is 7.11 Å². The average molecular weight is 153 g/mol. The molecule has 11 heavy (non-hydrogen) atoms. The SMILES string of the molecule is CO[C@H]([C]=O)Cc1c[nH]cn1. The number of hydrogen-bond acceptors (Lipinski definition) is 3. The number of nitrogens with zero attached hydrogens (tertiary/aromatic N) is 1. The van der Waals surface area contributed by atoms with Crippen LogP contribution in [0.15, 0.2) is 12.5 Å². The summed E-state index contributed by atoms with van der Waals surface area (Å²) in [6.45, 7) is 0. The summed E-state index contributed by atoms with van der Waals surface area (Å²) in [6.07, 6.45) is 5.03. The van der Waals surface area contributed by atoms with Gasteiger partial charge in [-0.1, -0.05) is 0 Å². The molecule has 0 bridgehead atoms. The zero-order valence-electron chi connectivity index (χ0n) is 6.20. The molecule has 0 unspecified atom stereocenters. The Morgan fingerprint density at radius 3 is 3.18 bits per heavy atom. The molecule has 0 amide bonds. The summed E-state index contributed by atoms with van der Waals surface area (Å²) >= 11 is 0. The van der Waals surface area contributed by atoms with Crippen molar-refractivity contribution < 1.29 is 9.53 Å². The molecule has 4 nitrogen and oxygen atoms in total. The van der Waals surface area contributed by atoms with Gasteiger partial charge in [0.1, 0.15) is 6.10 Å². The highest BCUT2D eigenvalue weighted by molar-refractivity contribution is 5.57. The van der Waals surface area contributed by atoms with Gasteiger partial charge in [0.15, 0.2) is 0 Å². The summed E-state index contributed by atoms with van der Waals surface area (Å²) in [6, 6.07) is 0. The molecule has 59 valence electrons. The van der Waals surface area contributed by atoms with Crippen LogP contribution >= 0.6 is 0 Å². The fourth-order valence-electron chi connectivity index (χ4n) is 0.766. The Morgan fingerprint density at radius 2 is 2.73 bits per heavy atom. The van der Waals surface area contributed by atoms with Gasteiger partial charge in [0.2, 0.25) is 6.29 Å². The smallest absolute Gasteiger partial charge is 0.230 e. The zero-order chi connectivity index (χ0) is 8.10. The molecule has 0 saturated carbocycles. The number of hydrogen-bond donors (Lipinski definition) is 1. The van der Waals surface area contributed by atoms with Crippen LogP contribution in [0.2, 0.25) is 0 Å². The molecule has 1 heterocycles. The number of imidazole rings is 1. The van der Waals surface area contributed by atoms with Gasteiger partial charge in [0.25, 0.3) is 0 Å². The predicted molar refractivity (Wildman–Crippen MR) is 38.8 cm³/mol. The molecule has 0 spiro atoms. The van der Waals surface area contributed by atoms with Crippen molar-refractivity contribution in [3.05, 3.63) is 18.2 Å². The second kappa shape index (κ2) is 3.88. The maximum Gasteiger partial charge on any atom is 0.230 e. The number of ether oxygens (including phenoxy) is 1. The van der Waals surface area contributed by atoms with Crippen LogP contribution in [0.5, 0.6) is 0 Å². The molecule has 1 rings (SSSR count). The van der Waals surface area contributed by atoms with Gasteiger partial charge in [0.05, 0.1) is 12.0 Å². The molecule has 4 heteroatoms. The van der Waals surface area contributed by atoms with E-state index in [1.807, 2.05) is 0 Å². The Hall–Kier alpha value is -1.16. The number of H-pyrrole nitrogens is 1.